The fraction of sp³-hybridized carbons (Fsp3) is 0.609. The Kier molecular flexibility index (Phi) is 10.0. The number of methoxy groups -OCH3 is 1. The molecule has 3 heterocycles. The van der Waals surface area contributed by atoms with Gasteiger partial charge >= 0.3 is 0 Å². The topological polar surface area (TPSA) is 80.0 Å². The number of nitrogens with one attached hydrogen (secondary N) is 1. The van der Waals surface area contributed by atoms with Gasteiger partial charge in [-0.15, -0.1) is 34.2 Å². The first kappa shape index (κ1) is 25.5. The van der Waals surface area contributed by atoms with Crippen LogP contribution in [0.2, 0.25) is 0 Å². The van der Waals surface area contributed by atoms with E-state index in [1.165, 1.54) is 5.69 Å². The molecule has 182 valence electrons. The smallest absolute Gasteiger partial charge is 0.194 e. The second-order valence-corrected chi connectivity index (χ2v) is 8.29. The highest BCUT2D eigenvalue weighted by atomic mass is 127. The Labute approximate surface area is 213 Å². The molecule has 0 amide bonds. The van der Waals surface area contributed by atoms with Crippen molar-refractivity contribution in [2.75, 3.05) is 64.5 Å². The van der Waals surface area contributed by atoms with E-state index in [2.05, 4.69) is 48.9 Å². The second kappa shape index (κ2) is 13.0. The van der Waals surface area contributed by atoms with Crippen LogP contribution in [0.4, 0.5) is 5.69 Å². The summed E-state index contributed by atoms with van der Waals surface area (Å²) in [5, 5.41) is 11.8. The van der Waals surface area contributed by atoms with Gasteiger partial charge in [0.15, 0.2) is 5.96 Å². The number of aliphatic imine (C=N–C) groups is 1. The number of halogens is 1. The zero-order valence-corrected chi connectivity index (χ0v) is 22.0. The third kappa shape index (κ3) is 6.95. The van der Waals surface area contributed by atoms with Gasteiger partial charge in [-0.05, 0) is 18.6 Å². The molecule has 1 aromatic carbocycles. The summed E-state index contributed by atoms with van der Waals surface area (Å²) in [7, 11) is 1.71. The van der Waals surface area contributed by atoms with Gasteiger partial charge in [0.2, 0.25) is 0 Å². The summed E-state index contributed by atoms with van der Waals surface area (Å²) in [6.45, 7) is 9.96. The number of hydrogen-bond donors (Lipinski definition) is 1. The van der Waals surface area contributed by atoms with Crippen molar-refractivity contribution in [1.82, 2.24) is 25.0 Å². The van der Waals surface area contributed by atoms with E-state index in [1.54, 1.807) is 13.4 Å². The van der Waals surface area contributed by atoms with Crippen molar-refractivity contribution in [2.24, 2.45) is 10.9 Å². The first-order valence-electron chi connectivity index (χ1n) is 11.6. The molecule has 10 heteroatoms. The van der Waals surface area contributed by atoms with Crippen LogP contribution in [-0.2, 0) is 17.7 Å². The lowest BCUT2D eigenvalue weighted by molar-refractivity contribution is 0.187. The second-order valence-electron chi connectivity index (χ2n) is 8.29. The maximum Gasteiger partial charge on any atom is 0.194 e. The summed E-state index contributed by atoms with van der Waals surface area (Å²) in [5.41, 5.74) is 1.21. The van der Waals surface area contributed by atoms with Crippen molar-refractivity contribution in [3.05, 3.63) is 36.4 Å². The number of hydrogen-bond acceptors (Lipinski definition) is 6. The zero-order valence-electron chi connectivity index (χ0n) is 19.7. The average molecular weight is 569 g/mol. The highest BCUT2D eigenvalue weighted by Crippen LogP contribution is 2.22. The van der Waals surface area contributed by atoms with Crippen LogP contribution in [0.3, 0.4) is 0 Å². The molecule has 1 atom stereocenters. The summed E-state index contributed by atoms with van der Waals surface area (Å²) in [6, 6.07) is 8.29. The molecule has 33 heavy (non-hydrogen) atoms. The Morgan fingerprint density at radius 3 is 2.85 bits per heavy atom. The lowest BCUT2D eigenvalue weighted by Gasteiger charge is -2.38. The molecule has 0 saturated carbocycles. The van der Waals surface area contributed by atoms with Crippen LogP contribution in [0.25, 0.3) is 0 Å². The van der Waals surface area contributed by atoms with Gasteiger partial charge < -0.3 is 29.2 Å². The molecule has 0 aliphatic carbocycles. The standard InChI is InChI=1S/C23H35N7O2.HI/c1-3-22-27-26-18-30(22)9-8-24-23(25-16-19-7-14-32-17-19)29-12-10-28(11-13-29)20-5-4-6-21(15-20)31-2;/h4-6,15,18-19H,3,7-14,16-17H2,1-2H3,(H,24,25);1H. The first-order valence-corrected chi connectivity index (χ1v) is 11.6. The molecule has 1 aromatic heterocycles. The number of aryl methyl sites for hydroxylation is 1. The molecule has 2 aliphatic heterocycles. The fourth-order valence-corrected chi connectivity index (χ4v) is 4.22. The van der Waals surface area contributed by atoms with E-state index in [-0.39, 0.29) is 24.0 Å². The fourth-order valence-electron chi connectivity index (χ4n) is 4.22. The highest BCUT2D eigenvalue weighted by Gasteiger charge is 2.22. The number of piperazine rings is 1. The van der Waals surface area contributed by atoms with Gasteiger partial charge in [-0.2, -0.15) is 0 Å². The van der Waals surface area contributed by atoms with Crippen molar-refractivity contribution in [3.8, 4) is 5.75 Å². The Hall–Kier alpha value is -2.08. The summed E-state index contributed by atoms with van der Waals surface area (Å²) in [5.74, 6) is 3.43. The molecule has 1 unspecified atom stereocenters. The van der Waals surface area contributed by atoms with Crippen molar-refractivity contribution in [3.63, 3.8) is 0 Å². The van der Waals surface area contributed by atoms with E-state index in [4.69, 9.17) is 14.5 Å². The van der Waals surface area contributed by atoms with Gasteiger partial charge in [-0.3, -0.25) is 4.99 Å². The van der Waals surface area contributed by atoms with E-state index in [0.29, 0.717) is 5.92 Å². The van der Waals surface area contributed by atoms with Crippen LogP contribution in [0.15, 0.2) is 35.6 Å². The number of guanidine groups is 1. The van der Waals surface area contributed by atoms with E-state index in [0.717, 1.165) is 89.4 Å². The molecule has 0 radical (unpaired) electrons. The van der Waals surface area contributed by atoms with Crippen molar-refractivity contribution < 1.29 is 9.47 Å². The predicted molar refractivity (Wildman–Crippen MR) is 141 cm³/mol. The Bertz CT molecular complexity index is 877. The number of nitrogens with zero attached hydrogens (tertiary/aromatic N) is 6. The first-order chi connectivity index (χ1) is 15.8. The number of ether oxygens (including phenoxy) is 2. The molecule has 2 fully saturated rings. The maximum absolute atomic E-state index is 5.54. The highest BCUT2D eigenvalue weighted by molar-refractivity contribution is 14.0. The molecule has 1 N–H and O–H groups in total. The normalized spacial score (nSPS) is 18.8. The molecule has 9 nitrogen and oxygen atoms in total. The Balaban J connectivity index is 0.00000306. The predicted octanol–water partition coefficient (Wildman–Crippen LogP) is 2.27. The number of aromatic nitrogens is 3. The van der Waals surface area contributed by atoms with Crippen LogP contribution in [0, 0.1) is 5.92 Å². The number of benzene rings is 1. The van der Waals surface area contributed by atoms with Gasteiger partial charge in [-0.25, -0.2) is 0 Å². The van der Waals surface area contributed by atoms with Crippen molar-refractivity contribution in [1.29, 1.82) is 0 Å². The van der Waals surface area contributed by atoms with Gasteiger partial charge in [-0.1, -0.05) is 13.0 Å². The monoisotopic (exact) mass is 569 g/mol. The SMILES string of the molecule is CCc1nncn1CCNC(=NCC1CCOC1)N1CCN(c2cccc(OC)c2)CC1.I. The summed E-state index contributed by atoms with van der Waals surface area (Å²) < 4.78 is 13.0. The van der Waals surface area contributed by atoms with Crippen molar-refractivity contribution >= 4 is 35.6 Å². The van der Waals surface area contributed by atoms with Gasteiger partial charge in [0, 0.05) is 76.5 Å². The molecule has 0 spiro atoms. The van der Waals surface area contributed by atoms with E-state index >= 15 is 0 Å². The maximum atomic E-state index is 5.54. The molecular formula is C23H36IN7O2. The minimum atomic E-state index is 0. The molecule has 2 saturated heterocycles. The average Bonchev–Trinajstić information content (AvgIpc) is 3.53. The zero-order chi connectivity index (χ0) is 22.2. The van der Waals surface area contributed by atoms with Gasteiger partial charge in [0.25, 0.3) is 0 Å². The molecule has 2 aromatic rings. The molecule has 2 aliphatic rings. The molecule has 4 rings (SSSR count). The lowest BCUT2D eigenvalue weighted by Crippen LogP contribution is -2.53. The van der Waals surface area contributed by atoms with Crippen LogP contribution < -0.4 is 15.0 Å². The minimum absolute atomic E-state index is 0. The van der Waals surface area contributed by atoms with Crippen molar-refractivity contribution in [2.45, 2.75) is 26.3 Å². The van der Waals surface area contributed by atoms with E-state index in [9.17, 15) is 0 Å². The van der Waals surface area contributed by atoms with Crippen LogP contribution >= 0.6 is 24.0 Å². The Morgan fingerprint density at radius 2 is 2.12 bits per heavy atom. The van der Waals surface area contributed by atoms with Crippen LogP contribution in [0.1, 0.15) is 19.2 Å². The Morgan fingerprint density at radius 1 is 1.27 bits per heavy atom. The quantitative estimate of drug-likeness (QED) is 0.297. The van der Waals surface area contributed by atoms with Crippen LogP contribution in [0.5, 0.6) is 5.75 Å². The number of anilines is 1. The number of rotatable bonds is 8. The summed E-state index contributed by atoms with van der Waals surface area (Å²) in [6.07, 6.45) is 3.79. The largest absolute Gasteiger partial charge is 0.497 e. The minimum Gasteiger partial charge on any atom is -0.497 e. The van der Waals surface area contributed by atoms with Gasteiger partial charge in [0.05, 0.1) is 13.7 Å². The van der Waals surface area contributed by atoms with Crippen LogP contribution in [-0.4, -0.2) is 85.2 Å². The summed E-state index contributed by atoms with van der Waals surface area (Å²) >= 11 is 0. The lowest BCUT2D eigenvalue weighted by atomic mass is 10.1. The van der Waals surface area contributed by atoms with E-state index in [1.807, 2.05) is 12.1 Å². The van der Waals surface area contributed by atoms with E-state index < -0.39 is 0 Å². The molecule has 0 bridgehead atoms. The van der Waals surface area contributed by atoms with Gasteiger partial charge in [0.1, 0.15) is 17.9 Å². The molecular weight excluding hydrogens is 533 g/mol. The third-order valence-electron chi connectivity index (χ3n) is 6.17. The third-order valence-corrected chi connectivity index (χ3v) is 6.17. The summed E-state index contributed by atoms with van der Waals surface area (Å²) in [4.78, 5) is 9.77.